The highest BCUT2D eigenvalue weighted by molar-refractivity contribution is 6.00. The lowest BCUT2D eigenvalue weighted by atomic mass is 9.85. The minimum absolute atomic E-state index is 0.0208. The molecule has 3 atom stereocenters. The molecule has 2 fully saturated rings. The van der Waals surface area contributed by atoms with Gasteiger partial charge in [0.25, 0.3) is 5.91 Å². The highest BCUT2D eigenvalue weighted by Gasteiger charge is 2.45. The number of aromatic amines is 1. The van der Waals surface area contributed by atoms with Crippen molar-refractivity contribution in [3.63, 3.8) is 0 Å². The van der Waals surface area contributed by atoms with E-state index in [4.69, 9.17) is 10.7 Å². The number of fused-ring (bicyclic) bond motifs is 3. The molecule has 2 aliphatic rings. The summed E-state index contributed by atoms with van der Waals surface area (Å²) in [6, 6.07) is 5.79. The van der Waals surface area contributed by atoms with Crippen LogP contribution < -0.4 is 5.73 Å². The summed E-state index contributed by atoms with van der Waals surface area (Å²) < 4.78 is 3.24. The van der Waals surface area contributed by atoms with Gasteiger partial charge in [0.05, 0.1) is 23.1 Å². The van der Waals surface area contributed by atoms with Gasteiger partial charge in [0.15, 0.2) is 17.2 Å². The molecule has 2 saturated heterocycles. The van der Waals surface area contributed by atoms with Crippen LogP contribution in [0, 0.1) is 6.92 Å². The molecule has 13 heteroatoms. The van der Waals surface area contributed by atoms with E-state index in [2.05, 4.69) is 30.4 Å². The van der Waals surface area contributed by atoms with Crippen molar-refractivity contribution >= 4 is 23.2 Å². The molecule has 0 aromatic carbocycles. The number of hydrogen-bond donors (Lipinski definition) is 2. The number of nitrogens with zero attached hydrogens (tertiary/aromatic N) is 9. The van der Waals surface area contributed by atoms with E-state index in [1.54, 1.807) is 17.1 Å². The van der Waals surface area contributed by atoms with E-state index in [-0.39, 0.29) is 41.3 Å². The Bertz CT molecular complexity index is 1740. The summed E-state index contributed by atoms with van der Waals surface area (Å²) in [5.74, 6) is 0.873. The van der Waals surface area contributed by atoms with Crippen molar-refractivity contribution in [2.75, 3.05) is 5.73 Å². The maximum atomic E-state index is 13.1. The molecule has 202 valence electrons. The summed E-state index contributed by atoms with van der Waals surface area (Å²) in [7, 11) is 0. The number of pyridine rings is 1. The molecule has 7 rings (SSSR count). The lowest BCUT2D eigenvalue weighted by Gasteiger charge is -2.38. The maximum Gasteiger partial charge on any atom is 0.292 e. The predicted octanol–water partition coefficient (Wildman–Crippen LogP) is 2.74. The summed E-state index contributed by atoms with van der Waals surface area (Å²) in [6.07, 6.45) is 9.87. The van der Waals surface area contributed by atoms with Gasteiger partial charge in [-0.25, -0.2) is 14.6 Å². The molecule has 1 amide bonds. The van der Waals surface area contributed by atoms with Gasteiger partial charge in [-0.2, -0.15) is 14.7 Å². The zero-order valence-corrected chi connectivity index (χ0v) is 22.0. The van der Waals surface area contributed by atoms with Crippen LogP contribution in [0.3, 0.4) is 0 Å². The van der Waals surface area contributed by atoms with E-state index in [0.29, 0.717) is 35.6 Å². The summed E-state index contributed by atoms with van der Waals surface area (Å²) >= 11 is 0. The highest BCUT2D eigenvalue weighted by Crippen LogP contribution is 2.45. The van der Waals surface area contributed by atoms with Crippen LogP contribution in [0.25, 0.3) is 22.6 Å². The molecule has 0 spiro atoms. The minimum Gasteiger partial charge on any atom is -0.383 e. The first-order chi connectivity index (χ1) is 19.4. The lowest BCUT2D eigenvalue weighted by Crippen LogP contribution is -2.46. The fourth-order valence-corrected chi connectivity index (χ4v) is 6.28. The summed E-state index contributed by atoms with van der Waals surface area (Å²) in [4.78, 5) is 40.4. The van der Waals surface area contributed by atoms with Crippen LogP contribution in [-0.4, -0.2) is 73.2 Å². The van der Waals surface area contributed by atoms with Crippen LogP contribution in [0.5, 0.6) is 0 Å². The van der Waals surface area contributed by atoms with Crippen LogP contribution >= 0.6 is 0 Å². The number of aromatic nitrogens is 9. The monoisotopic (exact) mass is 537 g/mol. The Morgan fingerprint density at radius 1 is 1.10 bits per heavy atom. The Balaban J connectivity index is 1.26. The zero-order valence-electron chi connectivity index (χ0n) is 22.0. The summed E-state index contributed by atoms with van der Waals surface area (Å²) in [5.41, 5.74) is 10.7. The van der Waals surface area contributed by atoms with Gasteiger partial charge in [-0.15, -0.1) is 10.2 Å². The number of Topliss-reactive ketones (excluding diaryl/α,β-unsaturated/α-hetero) is 1. The highest BCUT2D eigenvalue weighted by atomic mass is 16.2. The molecule has 0 saturated carbocycles. The van der Waals surface area contributed by atoms with E-state index in [9.17, 15) is 9.59 Å². The standard InChI is InChI=1S/C27H27N11O2/c1-14-7-8-36(35-14)21-6-3-16(11-29-21)20-12-32-38-24(28)22(15(2)39)23(33-26(20)38)17-9-18-4-5-19(10-17)37(18)27(40)25-30-13-31-34-25/h3,6-8,11-13,17-19H,4-5,9-10,28H2,1-2H3,(H,30,31,34)/t17-,18+,19-. The number of nitrogen functional groups attached to an aromatic ring is 1. The van der Waals surface area contributed by atoms with Gasteiger partial charge < -0.3 is 15.6 Å². The molecule has 5 aromatic rings. The van der Waals surface area contributed by atoms with Crippen molar-refractivity contribution in [3.8, 4) is 16.9 Å². The Morgan fingerprint density at radius 2 is 1.90 bits per heavy atom. The van der Waals surface area contributed by atoms with Gasteiger partial charge in [-0.05, 0) is 57.7 Å². The predicted molar refractivity (Wildman–Crippen MR) is 144 cm³/mol. The average molecular weight is 538 g/mol. The number of nitrogens with two attached hydrogens (primary N) is 1. The first-order valence-electron chi connectivity index (χ1n) is 13.2. The topological polar surface area (TPSA) is 166 Å². The van der Waals surface area contributed by atoms with E-state index >= 15 is 0 Å². The normalized spacial score (nSPS) is 20.4. The number of H-pyrrole nitrogens is 1. The zero-order chi connectivity index (χ0) is 27.5. The number of nitrogens with one attached hydrogen (secondary N) is 1. The Morgan fingerprint density at radius 3 is 2.52 bits per heavy atom. The van der Waals surface area contributed by atoms with Gasteiger partial charge in [-0.1, -0.05) is 0 Å². The quantitative estimate of drug-likeness (QED) is 0.321. The molecule has 13 nitrogen and oxygen atoms in total. The number of piperidine rings is 1. The van der Waals surface area contributed by atoms with E-state index in [1.165, 1.54) is 17.8 Å². The molecule has 5 aromatic heterocycles. The van der Waals surface area contributed by atoms with Crippen molar-refractivity contribution in [2.24, 2.45) is 0 Å². The first-order valence-corrected chi connectivity index (χ1v) is 13.2. The van der Waals surface area contributed by atoms with Crippen molar-refractivity contribution in [1.29, 1.82) is 0 Å². The number of hydrogen-bond acceptors (Lipinski definition) is 9. The maximum absolute atomic E-state index is 13.1. The number of ketones is 1. The minimum atomic E-state index is -0.160. The Hall–Kier alpha value is -4.94. The van der Waals surface area contributed by atoms with Gasteiger partial charge >= 0.3 is 0 Å². The number of amides is 1. The first kappa shape index (κ1) is 24.1. The van der Waals surface area contributed by atoms with Crippen LogP contribution in [0.15, 0.2) is 43.1 Å². The van der Waals surface area contributed by atoms with Gasteiger partial charge in [0, 0.05) is 41.5 Å². The lowest BCUT2D eigenvalue weighted by molar-refractivity contribution is 0.0556. The molecule has 40 heavy (non-hydrogen) atoms. The fraction of sp³-hybridized carbons (Fsp3) is 0.333. The second kappa shape index (κ2) is 9.07. The molecule has 3 N–H and O–H groups in total. The summed E-state index contributed by atoms with van der Waals surface area (Å²) in [6.45, 7) is 3.43. The second-order valence-corrected chi connectivity index (χ2v) is 10.5. The number of anilines is 1. The Labute approximate surface area is 228 Å². The number of carbonyl (C=O) groups is 2. The van der Waals surface area contributed by atoms with Gasteiger partial charge in [0.2, 0.25) is 5.82 Å². The van der Waals surface area contributed by atoms with Crippen LogP contribution in [-0.2, 0) is 0 Å². The number of rotatable bonds is 5. The van der Waals surface area contributed by atoms with Crippen LogP contribution in [0.4, 0.5) is 5.82 Å². The van der Waals surface area contributed by atoms with Crippen LogP contribution in [0.2, 0.25) is 0 Å². The molecule has 7 heterocycles. The third kappa shape index (κ3) is 3.76. The van der Waals surface area contributed by atoms with Crippen molar-refractivity contribution in [3.05, 3.63) is 65.9 Å². The van der Waals surface area contributed by atoms with E-state index in [1.807, 2.05) is 36.2 Å². The summed E-state index contributed by atoms with van der Waals surface area (Å²) in [5, 5.41) is 16.6. The molecule has 2 bridgehead atoms. The van der Waals surface area contributed by atoms with Crippen molar-refractivity contribution in [2.45, 2.75) is 57.5 Å². The molecule has 0 unspecified atom stereocenters. The average Bonchev–Trinajstić information content (AvgIpc) is 3.75. The molecular weight excluding hydrogens is 510 g/mol. The molecule has 2 aliphatic heterocycles. The van der Waals surface area contributed by atoms with E-state index < -0.39 is 0 Å². The SMILES string of the molecule is CC(=O)c1c([C@H]2C[C@H]3CC[C@@H](C2)N3C(=O)c2nnc[nH]2)nc2c(-c3ccc(-n4ccc(C)n4)nc3)cnn2c1N. The molecular formula is C27H27N11O2. The van der Waals surface area contributed by atoms with E-state index in [0.717, 1.165) is 29.7 Å². The molecule has 0 aliphatic carbocycles. The molecule has 0 radical (unpaired) electrons. The second-order valence-electron chi connectivity index (χ2n) is 10.5. The largest absolute Gasteiger partial charge is 0.383 e. The number of aryl methyl sites for hydroxylation is 1. The fourth-order valence-electron chi connectivity index (χ4n) is 6.28. The third-order valence-electron chi connectivity index (χ3n) is 8.05. The van der Waals surface area contributed by atoms with Gasteiger partial charge in [0.1, 0.15) is 12.1 Å². The van der Waals surface area contributed by atoms with Crippen molar-refractivity contribution in [1.82, 2.24) is 49.4 Å². The number of carbonyl (C=O) groups excluding carboxylic acids is 2. The van der Waals surface area contributed by atoms with Crippen LogP contribution in [0.1, 0.15) is 70.9 Å². The smallest absolute Gasteiger partial charge is 0.292 e. The Kier molecular flexibility index (Phi) is 5.47. The third-order valence-corrected chi connectivity index (χ3v) is 8.05. The van der Waals surface area contributed by atoms with Gasteiger partial charge in [-0.3, -0.25) is 9.59 Å². The van der Waals surface area contributed by atoms with Crippen molar-refractivity contribution < 1.29 is 9.59 Å².